The number of aliphatic hydroxyl groups excluding tert-OH is 1. The lowest BCUT2D eigenvalue weighted by molar-refractivity contribution is 0.0776. The van der Waals surface area contributed by atoms with Gasteiger partial charge in [0.15, 0.2) is 0 Å². The summed E-state index contributed by atoms with van der Waals surface area (Å²) in [5, 5.41) is 19.6. The fraction of sp³-hybridized carbons (Fsp3) is 0.611. The van der Waals surface area contributed by atoms with E-state index in [0.29, 0.717) is 18.7 Å². The van der Waals surface area contributed by atoms with E-state index in [1.165, 1.54) is 6.07 Å². The second kappa shape index (κ2) is 8.46. The Morgan fingerprint density at radius 3 is 2.46 bits per heavy atom. The number of hydrogen-bond acceptors (Lipinski definition) is 5. The summed E-state index contributed by atoms with van der Waals surface area (Å²) in [5.74, 6) is 0.179. The van der Waals surface area contributed by atoms with Crippen molar-refractivity contribution in [2.24, 2.45) is 11.8 Å². The van der Waals surface area contributed by atoms with Gasteiger partial charge < -0.3 is 24.9 Å². The lowest BCUT2D eigenvalue weighted by atomic mass is 9.96. The summed E-state index contributed by atoms with van der Waals surface area (Å²) in [5.41, 5.74) is 0.329. The molecule has 0 spiro atoms. The maximum absolute atomic E-state index is 12.6. The standard InChI is InChI=1S/C18H29N3O3/c1-19(2)8-9-20(3)10-14-11-21(12-15(14)13-22)18(24)16-6-4-5-7-17(16)23/h4-7,14-15,22-23H,8-13H2,1-3H3/t14-,15-/m1/s1. The highest BCUT2D eigenvalue weighted by Crippen LogP contribution is 2.27. The molecule has 1 aromatic carbocycles. The molecule has 24 heavy (non-hydrogen) atoms. The summed E-state index contributed by atoms with van der Waals surface area (Å²) in [6.07, 6.45) is 0. The summed E-state index contributed by atoms with van der Waals surface area (Å²) in [7, 11) is 6.17. The van der Waals surface area contributed by atoms with Crippen LogP contribution in [0.1, 0.15) is 10.4 Å². The monoisotopic (exact) mass is 335 g/mol. The Kier molecular flexibility index (Phi) is 6.60. The molecular weight excluding hydrogens is 306 g/mol. The molecule has 0 aliphatic carbocycles. The molecule has 0 bridgehead atoms. The van der Waals surface area contributed by atoms with Crippen molar-refractivity contribution in [3.63, 3.8) is 0 Å². The Morgan fingerprint density at radius 1 is 1.17 bits per heavy atom. The highest BCUT2D eigenvalue weighted by molar-refractivity contribution is 5.97. The number of carbonyl (C=O) groups excluding carboxylic acids is 1. The van der Waals surface area contributed by atoms with Gasteiger partial charge in [0.2, 0.25) is 0 Å². The quantitative estimate of drug-likeness (QED) is 0.762. The predicted octanol–water partition coefficient (Wildman–Crippen LogP) is 0.566. The van der Waals surface area contributed by atoms with Gasteiger partial charge in [0.1, 0.15) is 5.75 Å². The van der Waals surface area contributed by atoms with Gasteiger partial charge in [-0.15, -0.1) is 0 Å². The van der Waals surface area contributed by atoms with Gasteiger partial charge >= 0.3 is 0 Å². The average Bonchev–Trinajstić information content (AvgIpc) is 2.95. The molecule has 1 heterocycles. The number of nitrogens with zero attached hydrogens (tertiary/aromatic N) is 3. The molecule has 134 valence electrons. The first-order valence-corrected chi connectivity index (χ1v) is 8.43. The highest BCUT2D eigenvalue weighted by Gasteiger charge is 2.36. The first kappa shape index (κ1) is 18.7. The Balaban J connectivity index is 1.98. The molecular formula is C18H29N3O3. The smallest absolute Gasteiger partial charge is 0.257 e. The molecule has 2 rings (SSSR count). The average molecular weight is 335 g/mol. The molecule has 0 saturated carbocycles. The predicted molar refractivity (Wildman–Crippen MR) is 94.1 cm³/mol. The topological polar surface area (TPSA) is 67.2 Å². The second-order valence-electron chi connectivity index (χ2n) is 7.00. The third-order valence-corrected chi connectivity index (χ3v) is 4.71. The van der Waals surface area contributed by atoms with Crippen LogP contribution in [0.15, 0.2) is 24.3 Å². The number of phenolic OH excluding ortho intramolecular Hbond substituents is 1. The summed E-state index contributed by atoms with van der Waals surface area (Å²) in [4.78, 5) is 18.8. The van der Waals surface area contributed by atoms with Crippen LogP contribution in [-0.2, 0) is 0 Å². The molecule has 6 nitrogen and oxygen atoms in total. The molecule has 1 fully saturated rings. The number of likely N-dealkylation sites (tertiary alicyclic amines) is 1. The van der Waals surface area contributed by atoms with E-state index >= 15 is 0 Å². The molecule has 2 atom stereocenters. The zero-order valence-electron chi connectivity index (χ0n) is 14.9. The SMILES string of the molecule is CN(C)CCN(C)C[C@@H]1CN(C(=O)c2ccccc2O)C[C@@H]1CO. The van der Waals surface area contributed by atoms with Crippen LogP contribution < -0.4 is 0 Å². The molecule has 6 heteroatoms. The molecule has 1 aliphatic heterocycles. The van der Waals surface area contributed by atoms with Gasteiger partial charge in [0.25, 0.3) is 5.91 Å². The van der Waals surface area contributed by atoms with Crippen molar-refractivity contribution >= 4 is 5.91 Å². The third kappa shape index (κ3) is 4.69. The van der Waals surface area contributed by atoms with Crippen LogP contribution in [0, 0.1) is 11.8 Å². The van der Waals surface area contributed by atoms with Crippen LogP contribution in [0.5, 0.6) is 5.75 Å². The molecule has 1 aliphatic rings. The molecule has 0 unspecified atom stereocenters. The zero-order chi connectivity index (χ0) is 17.7. The Labute approximate surface area is 144 Å². The number of hydrogen-bond donors (Lipinski definition) is 2. The van der Waals surface area contributed by atoms with E-state index in [0.717, 1.165) is 19.6 Å². The maximum atomic E-state index is 12.6. The van der Waals surface area contributed by atoms with Crippen molar-refractivity contribution in [1.82, 2.24) is 14.7 Å². The third-order valence-electron chi connectivity index (χ3n) is 4.71. The first-order valence-electron chi connectivity index (χ1n) is 8.43. The van der Waals surface area contributed by atoms with Gasteiger partial charge in [-0.25, -0.2) is 0 Å². The molecule has 1 saturated heterocycles. The minimum atomic E-state index is -0.162. The van der Waals surface area contributed by atoms with Gasteiger partial charge in [0, 0.05) is 45.2 Å². The fourth-order valence-corrected chi connectivity index (χ4v) is 3.21. The lowest BCUT2D eigenvalue weighted by Crippen LogP contribution is -2.35. The van der Waals surface area contributed by atoms with E-state index in [1.807, 2.05) is 14.1 Å². The lowest BCUT2D eigenvalue weighted by Gasteiger charge is -2.25. The number of phenols is 1. The normalized spacial score (nSPS) is 21.0. The second-order valence-corrected chi connectivity index (χ2v) is 7.00. The molecule has 2 N–H and O–H groups in total. The highest BCUT2D eigenvalue weighted by atomic mass is 16.3. The Hall–Kier alpha value is -1.63. The van der Waals surface area contributed by atoms with Crippen molar-refractivity contribution in [1.29, 1.82) is 0 Å². The van der Waals surface area contributed by atoms with Crippen molar-refractivity contribution in [3.8, 4) is 5.75 Å². The van der Waals surface area contributed by atoms with E-state index in [9.17, 15) is 15.0 Å². The summed E-state index contributed by atoms with van der Waals surface area (Å²) >= 11 is 0. The summed E-state index contributed by atoms with van der Waals surface area (Å²) in [6.45, 7) is 4.02. The van der Waals surface area contributed by atoms with Crippen LogP contribution in [0.25, 0.3) is 0 Å². The van der Waals surface area contributed by atoms with Gasteiger partial charge in [0.05, 0.1) is 5.56 Å². The fourth-order valence-electron chi connectivity index (χ4n) is 3.21. The number of amides is 1. The number of para-hydroxylation sites is 1. The van der Waals surface area contributed by atoms with E-state index in [-0.39, 0.29) is 30.1 Å². The van der Waals surface area contributed by atoms with Gasteiger partial charge in [-0.1, -0.05) is 12.1 Å². The van der Waals surface area contributed by atoms with Crippen molar-refractivity contribution in [2.75, 3.05) is 60.5 Å². The maximum Gasteiger partial charge on any atom is 0.257 e. The van der Waals surface area contributed by atoms with E-state index < -0.39 is 0 Å². The number of rotatable bonds is 7. The number of aromatic hydroxyl groups is 1. The van der Waals surface area contributed by atoms with Crippen LogP contribution in [0.2, 0.25) is 0 Å². The van der Waals surface area contributed by atoms with Crippen LogP contribution >= 0.6 is 0 Å². The Morgan fingerprint density at radius 2 is 1.83 bits per heavy atom. The van der Waals surface area contributed by atoms with Crippen molar-refractivity contribution in [2.45, 2.75) is 0 Å². The van der Waals surface area contributed by atoms with Crippen LogP contribution in [0.3, 0.4) is 0 Å². The van der Waals surface area contributed by atoms with Crippen LogP contribution in [0.4, 0.5) is 0 Å². The summed E-state index contributed by atoms with van der Waals surface area (Å²) < 4.78 is 0. The minimum absolute atomic E-state index is 0.00889. The van der Waals surface area contributed by atoms with Gasteiger partial charge in [-0.2, -0.15) is 0 Å². The zero-order valence-corrected chi connectivity index (χ0v) is 14.9. The number of benzene rings is 1. The molecule has 0 aromatic heterocycles. The Bertz CT molecular complexity index is 550. The van der Waals surface area contributed by atoms with E-state index in [4.69, 9.17) is 0 Å². The van der Waals surface area contributed by atoms with Crippen molar-refractivity contribution < 1.29 is 15.0 Å². The number of carbonyl (C=O) groups is 1. The number of aliphatic hydroxyl groups is 1. The molecule has 1 aromatic rings. The van der Waals surface area contributed by atoms with E-state index in [2.05, 4.69) is 16.8 Å². The van der Waals surface area contributed by atoms with E-state index in [1.54, 1.807) is 23.1 Å². The van der Waals surface area contributed by atoms with Gasteiger partial charge in [-0.05, 0) is 39.2 Å². The number of likely N-dealkylation sites (N-methyl/N-ethyl adjacent to an activating group) is 2. The minimum Gasteiger partial charge on any atom is -0.507 e. The summed E-state index contributed by atoms with van der Waals surface area (Å²) in [6, 6.07) is 6.62. The molecule has 0 radical (unpaired) electrons. The molecule has 1 amide bonds. The van der Waals surface area contributed by atoms with Crippen molar-refractivity contribution in [3.05, 3.63) is 29.8 Å². The van der Waals surface area contributed by atoms with Crippen LogP contribution in [-0.4, -0.2) is 91.3 Å². The largest absolute Gasteiger partial charge is 0.507 e. The van der Waals surface area contributed by atoms with Gasteiger partial charge in [-0.3, -0.25) is 4.79 Å². The first-order chi connectivity index (χ1) is 11.4.